The summed E-state index contributed by atoms with van der Waals surface area (Å²) >= 11 is 0. The van der Waals surface area contributed by atoms with E-state index in [0.717, 1.165) is 31.2 Å². The lowest BCUT2D eigenvalue weighted by atomic mass is 10.8. The molecule has 0 unspecified atom stereocenters. The van der Waals surface area contributed by atoms with Crippen molar-refractivity contribution in [1.29, 1.82) is 0 Å². The Morgan fingerprint density at radius 1 is 0.619 bits per heavy atom. The molecule has 0 fully saturated rings. The second kappa shape index (κ2) is 15.1. The van der Waals surface area contributed by atoms with Crippen molar-refractivity contribution in [2.75, 3.05) is 41.2 Å². The highest BCUT2D eigenvalue weighted by Crippen LogP contribution is 2.06. The van der Waals surface area contributed by atoms with Gasteiger partial charge in [-0.25, -0.2) is 0 Å². The van der Waals surface area contributed by atoms with Crippen LogP contribution in [0.1, 0.15) is 20.8 Å². The first-order valence-corrected chi connectivity index (χ1v) is 8.94. The van der Waals surface area contributed by atoms with Gasteiger partial charge in [-0.2, -0.15) is 0 Å². The van der Waals surface area contributed by atoms with E-state index >= 15 is 0 Å². The average Bonchev–Trinajstić information content (AvgIpc) is 2.49. The minimum atomic E-state index is 0.476. The number of rotatable bonds is 9. The van der Waals surface area contributed by atoms with Gasteiger partial charge >= 0.3 is 11.9 Å². The maximum Gasteiger partial charge on any atom is 0.312 e. The van der Waals surface area contributed by atoms with Crippen LogP contribution >= 0.6 is 0 Å². The fourth-order valence-electron chi connectivity index (χ4n) is 1.24. The maximum atomic E-state index is 5.30. The molecule has 0 N–H and O–H groups in total. The predicted molar refractivity (Wildman–Crippen MR) is 89.8 cm³/mol. The molecule has 0 bridgehead atoms. The fraction of sp³-hybridized carbons (Fsp3) is 0.692. The zero-order valence-corrected chi connectivity index (χ0v) is 18.6. The van der Waals surface area contributed by atoms with Gasteiger partial charge in [0.2, 0.25) is 0 Å². The van der Waals surface area contributed by atoms with E-state index in [2.05, 4.69) is 0 Å². The van der Waals surface area contributed by atoms with Crippen LogP contribution in [0.5, 0.6) is 0 Å². The lowest BCUT2D eigenvalue weighted by molar-refractivity contribution is 0.0288. The molecule has 0 aromatic carbocycles. The van der Waals surface area contributed by atoms with Crippen LogP contribution in [0.3, 0.4) is 0 Å². The summed E-state index contributed by atoms with van der Waals surface area (Å²) in [5.41, 5.74) is 0. The lowest BCUT2D eigenvalue weighted by Gasteiger charge is -2.12. The molecule has 0 radical (unpaired) electrons. The monoisotopic (exact) mass is 338 g/mol. The highest BCUT2D eigenvalue weighted by atomic mass is 28.1. The van der Waals surface area contributed by atoms with E-state index in [1.165, 1.54) is 0 Å². The first-order valence-electron chi connectivity index (χ1n) is 6.94. The summed E-state index contributed by atoms with van der Waals surface area (Å²) in [6.07, 6.45) is 0. The molecule has 0 aromatic rings. The zero-order chi connectivity index (χ0) is 16.7. The number of methoxy groups -OCH3 is 3. The predicted octanol–water partition coefficient (Wildman–Crippen LogP) is 0.00550. The molecule has 0 amide bonds. The van der Waals surface area contributed by atoms with Gasteiger partial charge in [-0.1, -0.05) is 0 Å². The smallest absolute Gasteiger partial charge is 0.312 e. The lowest BCUT2D eigenvalue weighted by Crippen LogP contribution is -2.05. The van der Waals surface area contributed by atoms with Crippen molar-refractivity contribution in [1.82, 2.24) is 0 Å². The summed E-state index contributed by atoms with van der Waals surface area (Å²) in [5, 5.41) is 1.63. The molecule has 126 valence electrons. The summed E-state index contributed by atoms with van der Waals surface area (Å²) in [7, 11) is 6.32. The minimum absolute atomic E-state index is 0.476. The third-order valence-electron chi connectivity index (χ3n) is 2.16. The molecule has 0 aromatic heterocycles. The van der Waals surface area contributed by atoms with Crippen LogP contribution in [0.4, 0.5) is 0 Å². The first-order chi connectivity index (χ1) is 10.0. The van der Waals surface area contributed by atoms with Gasteiger partial charge in [0, 0.05) is 0 Å². The summed E-state index contributed by atoms with van der Waals surface area (Å²) < 4.78 is 30.4. The van der Waals surface area contributed by atoms with E-state index in [4.69, 9.17) is 28.4 Å². The van der Waals surface area contributed by atoms with Gasteiger partial charge in [-0.15, -0.1) is 0 Å². The Balaban J connectivity index is 0. The third-order valence-corrected chi connectivity index (χ3v) is 3.68. The molecular weight excluding hydrogens is 308 g/mol. The number of hydrogen-bond acceptors (Lipinski definition) is 6. The normalized spacial score (nSPS) is 8.86. The Labute approximate surface area is 134 Å². The summed E-state index contributed by atoms with van der Waals surface area (Å²) in [5.74, 6) is 1.04. The molecule has 0 saturated carbocycles. The van der Waals surface area contributed by atoms with Crippen molar-refractivity contribution in [2.24, 2.45) is 0 Å². The molecule has 6 nitrogen and oxygen atoms in total. The van der Waals surface area contributed by atoms with Crippen molar-refractivity contribution in [2.45, 2.75) is 20.8 Å². The van der Waals surface area contributed by atoms with E-state index < -0.39 is 0 Å². The molecule has 0 saturated heterocycles. The molecule has 0 aliphatic heterocycles. The summed E-state index contributed by atoms with van der Waals surface area (Å²) in [6.45, 7) is 7.72. The molecule has 0 heterocycles. The van der Waals surface area contributed by atoms with E-state index in [1.54, 1.807) is 21.3 Å². The fourth-order valence-corrected chi connectivity index (χ4v) is 2.22. The highest BCUT2D eigenvalue weighted by Gasteiger charge is 2.03. The van der Waals surface area contributed by atoms with Gasteiger partial charge < -0.3 is 28.4 Å². The second-order valence-electron chi connectivity index (χ2n) is 3.60. The third kappa shape index (κ3) is 11.1. The second-order valence-corrected chi connectivity index (χ2v) is 5.42. The van der Waals surface area contributed by atoms with Gasteiger partial charge in [0.25, 0.3) is 0 Å². The quantitative estimate of drug-likeness (QED) is 0.436. The van der Waals surface area contributed by atoms with Gasteiger partial charge in [-0.3, -0.25) is 0 Å². The Morgan fingerprint density at radius 2 is 1.05 bits per heavy atom. The molecule has 0 spiro atoms. The first kappa shape index (κ1) is 22.0. The Morgan fingerprint density at radius 3 is 1.29 bits per heavy atom. The largest absolute Gasteiger partial charge is 0.500 e. The standard InChI is InChI=1S/C8H18O3Si.C5H12O3Si/c1-4-9-7(10-5-2)8(12)11-6-3;1-6-4(7-2)5(9)8-3/h4-6H2,1-3,12H3;1-3,9H3. The van der Waals surface area contributed by atoms with Gasteiger partial charge in [0.1, 0.15) is 10.8 Å². The molecule has 0 aliphatic rings. The zero-order valence-electron chi connectivity index (χ0n) is 14.6. The van der Waals surface area contributed by atoms with Crippen LogP contribution in [-0.4, -0.2) is 61.6 Å². The summed E-state index contributed by atoms with van der Waals surface area (Å²) in [6, 6.07) is 0. The van der Waals surface area contributed by atoms with E-state index in [0.29, 0.717) is 31.7 Å². The Kier molecular flexibility index (Phi) is 15.8. The van der Waals surface area contributed by atoms with Crippen molar-refractivity contribution >= 4 is 20.5 Å². The molecule has 21 heavy (non-hydrogen) atoms. The topological polar surface area (TPSA) is 55.4 Å². The highest BCUT2D eigenvalue weighted by molar-refractivity contribution is 6.20. The minimum Gasteiger partial charge on any atom is -0.500 e. The Hall–Kier alpha value is -1.29. The van der Waals surface area contributed by atoms with Crippen molar-refractivity contribution in [3.8, 4) is 0 Å². The average molecular weight is 339 g/mol. The van der Waals surface area contributed by atoms with Crippen LogP contribution < -0.4 is 0 Å². The molecule has 0 aliphatic carbocycles. The van der Waals surface area contributed by atoms with Gasteiger partial charge in [0.05, 0.1) is 61.6 Å². The van der Waals surface area contributed by atoms with E-state index in [9.17, 15) is 0 Å². The Bertz CT molecular complexity index is 304. The van der Waals surface area contributed by atoms with Crippen molar-refractivity contribution in [3.63, 3.8) is 0 Å². The maximum absolute atomic E-state index is 5.30. The van der Waals surface area contributed by atoms with Crippen LogP contribution in [0.15, 0.2) is 22.7 Å². The number of ether oxygens (including phenoxy) is 6. The van der Waals surface area contributed by atoms with E-state index in [-0.39, 0.29) is 0 Å². The molecule has 8 heteroatoms. The van der Waals surface area contributed by atoms with Crippen LogP contribution in [0.25, 0.3) is 0 Å². The molecule has 0 atom stereocenters. The molecule has 0 rings (SSSR count). The van der Waals surface area contributed by atoms with Crippen LogP contribution in [-0.2, 0) is 28.4 Å². The van der Waals surface area contributed by atoms with Gasteiger partial charge in [-0.05, 0) is 20.8 Å². The van der Waals surface area contributed by atoms with Crippen molar-refractivity contribution < 1.29 is 28.4 Å². The summed E-state index contributed by atoms with van der Waals surface area (Å²) in [4.78, 5) is 0. The van der Waals surface area contributed by atoms with Crippen LogP contribution in [0.2, 0.25) is 0 Å². The number of hydrogen-bond donors (Lipinski definition) is 0. The SMILES string of the molecule is CCOC([SiH3])=C(OCC)OCC.COC([SiH3])=C(OC)OC. The van der Waals surface area contributed by atoms with E-state index in [1.807, 2.05) is 20.8 Å². The van der Waals surface area contributed by atoms with Gasteiger partial charge in [0.15, 0.2) is 0 Å². The molecular formula is C13H30O6Si2. The van der Waals surface area contributed by atoms with Crippen molar-refractivity contribution in [3.05, 3.63) is 22.7 Å². The van der Waals surface area contributed by atoms with Crippen LogP contribution in [0, 0.1) is 0 Å².